The monoisotopic (exact) mass is 231 g/mol. The predicted octanol–water partition coefficient (Wildman–Crippen LogP) is 0.958. The smallest absolute Gasteiger partial charge is 0.108 e. The Morgan fingerprint density at radius 1 is 1.47 bits per heavy atom. The minimum absolute atomic E-state index is 0.708. The third kappa shape index (κ3) is 2.39. The summed E-state index contributed by atoms with van der Waals surface area (Å²) >= 11 is 0. The molecule has 0 spiro atoms. The average Bonchev–Trinajstić information content (AvgIpc) is 2.98. The summed E-state index contributed by atoms with van der Waals surface area (Å²) < 4.78 is 2.27. The van der Waals surface area contributed by atoms with E-state index in [2.05, 4.69) is 31.3 Å². The molecule has 0 fully saturated rings. The van der Waals surface area contributed by atoms with Gasteiger partial charge >= 0.3 is 0 Å². The van der Waals surface area contributed by atoms with E-state index >= 15 is 0 Å². The van der Waals surface area contributed by atoms with Crippen molar-refractivity contribution in [3.8, 4) is 0 Å². The topological polar surface area (TPSA) is 58.5 Å². The van der Waals surface area contributed by atoms with Crippen molar-refractivity contribution in [2.24, 2.45) is 5.92 Å². The predicted molar refractivity (Wildman–Crippen MR) is 64.3 cm³/mol. The number of imidazole rings is 1. The van der Waals surface area contributed by atoms with Crippen LogP contribution in [0.25, 0.3) is 0 Å². The summed E-state index contributed by atoms with van der Waals surface area (Å²) in [5, 5.41) is 10.4. The van der Waals surface area contributed by atoms with Crippen LogP contribution in [-0.2, 0) is 19.5 Å². The molecule has 2 aromatic heterocycles. The number of aromatic nitrogens is 4. The van der Waals surface area contributed by atoms with Crippen molar-refractivity contribution in [3.63, 3.8) is 0 Å². The Morgan fingerprint density at radius 2 is 2.47 bits per heavy atom. The molecule has 0 saturated carbocycles. The largest absolute Gasteiger partial charge is 0.335 e. The first-order valence-electron chi connectivity index (χ1n) is 6.11. The van der Waals surface area contributed by atoms with E-state index in [-0.39, 0.29) is 0 Å². The van der Waals surface area contributed by atoms with Gasteiger partial charge in [0, 0.05) is 50.3 Å². The maximum atomic E-state index is 4.34. The summed E-state index contributed by atoms with van der Waals surface area (Å²) in [6.07, 6.45) is 8.10. The molecule has 0 amide bonds. The Labute approximate surface area is 100 Å². The van der Waals surface area contributed by atoms with Crippen molar-refractivity contribution in [2.75, 3.05) is 6.54 Å². The molecule has 0 bridgehead atoms. The fourth-order valence-corrected chi connectivity index (χ4v) is 2.40. The van der Waals surface area contributed by atoms with Crippen molar-refractivity contribution < 1.29 is 0 Å². The molecular formula is C12H17N5. The second-order valence-electron chi connectivity index (χ2n) is 4.61. The quantitative estimate of drug-likeness (QED) is 0.824. The highest BCUT2D eigenvalue weighted by atomic mass is 15.1. The second-order valence-corrected chi connectivity index (χ2v) is 4.61. The molecule has 0 aromatic carbocycles. The molecule has 3 heterocycles. The van der Waals surface area contributed by atoms with Crippen LogP contribution in [0.15, 0.2) is 24.7 Å². The van der Waals surface area contributed by atoms with E-state index in [1.807, 2.05) is 12.3 Å². The lowest BCUT2D eigenvalue weighted by Crippen LogP contribution is -2.29. The number of aromatic amines is 1. The molecule has 90 valence electrons. The van der Waals surface area contributed by atoms with Crippen LogP contribution in [0.4, 0.5) is 0 Å². The zero-order valence-corrected chi connectivity index (χ0v) is 9.76. The van der Waals surface area contributed by atoms with E-state index in [1.165, 1.54) is 12.2 Å². The van der Waals surface area contributed by atoms with E-state index in [0.29, 0.717) is 5.92 Å². The molecule has 1 atom stereocenters. The van der Waals surface area contributed by atoms with Gasteiger partial charge in [-0.25, -0.2) is 4.98 Å². The van der Waals surface area contributed by atoms with E-state index in [4.69, 9.17) is 0 Å². The third-order valence-electron chi connectivity index (χ3n) is 3.34. The van der Waals surface area contributed by atoms with Crippen LogP contribution in [0, 0.1) is 5.92 Å². The molecule has 5 heteroatoms. The van der Waals surface area contributed by atoms with Gasteiger partial charge in [0.15, 0.2) is 0 Å². The fourth-order valence-electron chi connectivity index (χ4n) is 2.40. The van der Waals surface area contributed by atoms with Crippen LogP contribution in [-0.4, -0.2) is 26.3 Å². The van der Waals surface area contributed by atoms with Gasteiger partial charge < -0.3 is 9.88 Å². The van der Waals surface area contributed by atoms with E-state index in [1.54, 1.807) is 6.20 Å². The second kappa shape index (κ2) is 4.71. The molecule has 1 aliphatic heterocycles. The standard InChI is InChI=1S/C12H17N5/c1-2-12-14-5-6-17(12)9-10(1)7-13-8-11-3-4-15-16-11/h3-6,10,13H,1-2,7-9H2,(H,15,16)/t10-/m1/s1. The molecule has 3 rings (SSSR count). The molecule has 1 aliphatic rings. The van der Waals surface area contributed by atoms with Crippen molar-refractivity contribution in [1.29, 1.82) is 0 Å². The number of hydrogen-bond donors (Lipinski definition) is 2. The average molecular weight is 231 g/mol. The molecule has 2 aromatic rings. The number of fused-ring (bicyclic) bond motifs is 1. The van der Waals surface area contributed by atoms with Crippen LogP contribution in [0.1, 0.15) is 17.9 Å². The molecule has 5 nitrogen and oxygen atoms in total. The molecule has 2 N–H and O–H groups in total. The Kier molecular flexibility index (Phi) is 2.92. The first-order valence-corrected chi connectivity index (χ1v) is 6.11. The molecule has 0 aliphatic carbocycles. The lowest BCUT2D eigenvalue weighted by molar-refractivity contribution is 0.347. The minimum Gasteiger partial charge on any atom is -0.335 e. The Hall–Kier alpha value is -1.62. The highest BCUT2D eigenvalue weighted by Crippen LogP contribution is 2.17. The van der Waals surface area contributed by atoms with Crippen LogP contribution >= 0.6 is 0 Å². The van der Waals surface area contributed by atoms with Gasteiger partial charge in [-0.2, -0.15) is 5.10 Å². The van der Waals surface area contributed by atoms with Crippen LogP contribution in [0.5, 0.6) is 0 Å². The zero-order valence-electron chi connectivity index (χ0n) is 9.76. The van der Waals surface area contributed by atoms with E-state index < -0.39 is 0 Å². The van der Waals surface area contributed by atoms with Crippen molar-refractivity contribution in [1.82, 2.24) is 25.1 Å². The number of nitrogens with one attached hydrogen (secondary N) is 2. The Morgan fingerprint density at radius 3 is 3.35 bits per heavy atom. The summed E-state index contributed by atoms with van der Waals surface area (Å²) in [6, 6.07) is 2.00. The molecular weight excluding hydrogens is 214 g/mol. The van der Waals surface area contributed by atoms with Crippen LogP contribution < -0.4 is 5.32 Å². The normalized spacial score (nSPS) is 19.2. The highest BCUT2D eigenvalue weighted by molar-refractivity contribution is 4.98. The molecule has 17 heavy (non-hydrogen) atoms. The van der Waals surface area contributed by atoms with E-state index in [9.17, 15) is 0 Å². The number of rotatable bonds is 4. The molecule has 0 saturated heterocycles. The van der Waals surface area contributed by atoms with Gasteiger partial charge in [0.1, 0.15) is 5.82 Å². The zero-order chi connectivity index (χ0) is 11.5. The Balaban J connectivity index is 1.48. The van der Waals surface area contributed by atoms with Crippen LogP contribution in [0.3, 0.4) is 0 Å². The molecule has 0 radical (unpaired) electrons. The maximum Gasteiger partial charge on any atom is 0.108 e. The maximum absolute atomic E-state index is 4.34. The van der Waals surface area contributed by atoms with Gasteiger partial charge in [0.05, 0.1) is 0 Å². The van der Waals surface area contributed by atoms with Gasteiger partial charge in [-0.3, -0.25) is 5.10 Å². The SMILES string of the molecule is c1cc(CNC[C@H]2CCc3nccn3C2)[nH]n1. The van der Waals surface area contributed by atoms with Gasteiger partial charge in [-0.1, -0.05) is 0 Å². The Bertz CT molecular complexity index is 459. The van der Waals surface area contributed by atoms with E-state index in [0.717, 1.165) is 31.7 Å². The summed E-state index contributed by atoms with van der Waals surface area (Å²) in [6.45, 7) is 3.01. The van der Waals surface area contributed by atoms with Gasteiger partial charge in [-0.05, 0) is 18.4 Å². The minimum atomic E-state index is 0.708. The lowest BCUT2D eigenvalue weighted by Gasteiger charge is -2.23. The number of H-pyrrole nitrogens is 1. The first kappa shape index (κ1) is 10.5. The number of nitrogens with zero attached hydrogens (tertiary/aromatic N) is 3. The summed E-state index contributed by atoms with van der Waals surface area (Å²) in [5.74, 6) is 1.94. The summed E-state index contributed by atoms with van der Waals surface area (Å²) in [4.78, 5) is 4.34. The van der Waals surface area contributed by atoms with Crippen LogP contribution in [0.2, 0.25) is 0 Å². The first-order chi connectivity index (χ1) is 8.42. The van der Waals surface area contributed by atoms with Crippen molar-refractivity contribution in [3.05, 3.63) is 36.2 Å². The lowest BCUT2D eigenvalue weighted by atomic mass is 9.99. The number of hydrogen-bond acceptors (Lipinski definition) is 3. The van der Waals surface area contributed by atoms with Gasteiger partial charge in [-0.15, -0.1) is 0 Å². The third-order valence-corrected chi connectivity index (χ3v) is 3.34. The highest BCUT2D eigenvalue weighted by Gasteiger charge is 2.18. The fraction of sp³-hybridized carbons (Fsp3) is 0.500. The van der Waals surface area contributed by atoms with Gasteiger partial charge in [0.25, 0.3) is 0 Å². The summed E-state index contributed by atoms with van der Waals surface area (Å²) in [7, 11) is 0. The van der Waals surface area contributed by atoms with Gasteiger partial charge in [0.2, 0.25) is 0 Å². The number of aryl methyl sites for hydroxylation is 1. The van der Waals surface area contributed by atoms with Crippen molar-refractivity contribution in [2.45, 2.75) is 25.9 Å². The molecule has 0 unspecified atom stereocenters. The summed E-state index contributed by atoms with van der Waals surface area (Å²) in [5.41, 5.74) is 1.14. The van der Waals surface area contributed by atoms with Crippen molar-refractivity contribution >= 4 is 0 Å².